The zero-order valence-electron chi connectivity index (χ0n) is 30.8. The van der Waals surface area contributed by atoms with Gasteiger partial charge >= 0.3 is 0 Å². The van der Waals surface area contributed by atoms with Crippen LogP contribution in [0, 0.1) is 13.8 Å². The second-order valence-corrected chi connectivity index (χ2v) is 12.0. The van der Waals surface area contributed by atoms with Crippen LogP contribution in [0.5, 0.6) is 23.0 Å². The molecule has 0 N–H and O–H groups in total. The number of allylic oxidation sites excluding steroid dienone is 4. The molecule has 0 unspecified atom stereocenters. The van der Waals surface area contributed by atoms with Gasteiger partial charge in [0.2, 0.25) is 11.6 Å². The molecule has 0 radical (unpaired) electrons. The summed E-state index contributed by atoms with van der Waals surface area (Å²) in [6, 6.07) is 14.1. The molecule has 274 valence electrons. The van der Waals surface area contributed by atoms with Crippen molar-refractivity contribution in [2.24, 2.45) is 0 Å². The molecule has 0 atom stereocenters. The average molecular weight is 721 g/mol. The van der Waals surface area contributed by atoms with Gasteiger partial charge in [-0.2, -0.15) is 0 Å². The van der Waals surface area contributed by atoms with Crippen LogP contribution in [0.2, 0.25) is 0 Å². The van der Waals surface area contributed by atoms with Crippen LogP contribution in [0.15, 0.2) is 83.7 Å². The normalized spacial score (nSPS) is 12.9. The number of Topliss-reactive ketones (excluding diaryl/α,β-unsaturated/α-hetero) is 3. The molecule has 4 aromatic rings. The fourth-order valence-corrected chi connectivity index (χ4v) is 5.58. The lowest BCUT2D eigenvalue weighted by molar-refractivity contribution is -0.129. The number of ether oxygens (including phenoxy) is 5. The van der Waals surface area contributed by atoms with Crippen LogP contribution in [0.25, 0.3) is 0 Å². The maximum atomic E-state index is 13.0. The van der Waals surface area contributed by atoms with E-state index in [0.717, 1.165) is 22.3 Å². The van der Waals surface area contributed by atoms with E-state index in [1.807, 2.05) is 19.9 Å². The van der Waals surface area contributed by atoms with Gasteiger partial charge in [0, 0.05) is 46.7 Å². The molecule has 0 amide bonds. The highest BCUT2D eigenvalue weighted by Gasteiger charge is 2.31. The molecule has 12 nitrogen and oxygen atoms in total. The van der Waals surface area contributed by atoms with Gasteiger partial charge in [-0.15, -0.1) is 0 Å². The Morgan fingerprint density at radius 2 is 1.15 bits per heavy atom. The van der Waals surface area contributed by atoms with Gasteiger partial charge in [0.1, 0.15) is 41.0 Å². The molecule has 12 heteroatoms. The van der Waals surface area contributed by atoms with Crippen LogP contribution < -0.4 is 18.9 Å². The first-order valence-corrected chi connectivity index (χ1v) is 16.3. The van der Waals surface area contributed by atoms with E-state index in [-0.39, 0.29) is 41.1 Å². The minimum Gasteiger partial charge on any atom is -0.497 e. The minimum atomic E-state index is -0.202. The molecule has 6 rings (SSSR count). The summed E-state index contributed by atoms with van der Waals surface area (Å²) in [5.41, 5.74) is 5.95. The van der Waals surface area contributed by atoms with Crippen molar-refractivity contribution in [2.75, 3.05) is 28.4 Å². The van der Waals surface area contributed by atoms with Crippen molar-refractivity contribution in [3.05, 3.63) is 128 Å². The number of hydrogen-bond acceptors (Lipinski definition) is 12. The van der Waals surface area contributed by atoms with Crippen molar-refractivity contribution in [3.63, 3.8) is 0 Å². The molecule has 2 aromatic carbocycles. The number of nitrogens with zero attached hydrogens (tertiary/aromatic N) is 2. The van der Waals surface area contributed by atoms with Gasteiger partial charge in [0.15, 0.2) is 11.6 Å². The van der Waals surface area contributed by atoms with Crippen molar-refractivity contribution in [2.45, 2.75) is 40.7 Å². The number of carbonyl (C=O) groups is 5. The van der Waals surface area contributed by atoms with Gasteiger partial charge in [0.25, 0.3) is 6.47 Å². The largest absolute Gasteiger partial charge is 0.497 e. The molecule has 0 saturated heterocycles. The van der Waals surface area contributed by atoms with Crippen molar-refractivity contribution < 1.29 is 47.7 Å². The summed E-state index contributed by atoms with van der Waals surface area (Å²) in [5.74, 6) is 2.05. The maximum Gasteiger partial charge on any atom is 0.293 e. The molecule has 2 aromatic heterocycles. The SMILES string of the molecule is CC1=CC(=O)c2cc(C)cnc2C1=O.COc1ccc(OC)c(CC2=C(C)C(=O)c3ncc(C)cc3C2=O)c1.COc1ccc(OC)c(COC=O)c1. The number of aromatic nitrogens is 2. The van der Waals surface area contributed by atoms with Gasteiger partial charge < -0.3 is 23.7 Å². The van der Waals surface area contributed by atoms with Gasteiger partial charge in [-0.05, 0) is 93.4 Å². The lowest BCUT2D eigenvalue weighted by Crippen LogP contribution is -2.23. The van der Waals surface area contributed by atoms with E-state index in [4.69, 9.17) is 18.9 Å². The van der Waals surface area contributed by atoms with Crippen LogP contribution in [0.1, 0.15) is 77.8 Å². The van der Waals surface area contributed by atoms with E-state index in [1.165, 1.54) is 6.08 Å². The Kier molecular flexibility index (Phi) is 13.1. The Hall–Kier alpha value is -6.43. The summed E-state index contributed by atoms with van der Waals surface area (Å²) < 4.78 is 25.4. The maximum absolute atomic E-state index is 13.0. The first-order valence-electron chi connectivity index (χ1n) is 16.3. The topological polar surface area (TPSA) is 157 Å². The van der Waals surface area contributed by atoms with E-state index >= 15 is 0 Å². The zero-order valence-corrected chi connectivity index (χ0v) is 30.8. The molecular formula is C41H40N2O10. The van der Waals surface area contributed by atoms with E-state index in [2.05, 4.69) is 14.7 Å². The molecule has 53 heavy (non-hydrogen) atoms. The van der Waals surface area contributed by atoms with Crippen molar-refractivity contribution in [1.82, 2.24) is 9.97 Å². The lowest BCUT2D eigenvalue weighted by Gasteiger charge is -2.20. The Labute approximate surface area is 307 Å². The predicted molar refractivity (Wildman–Crippen MR) is 195 cm³/mol. The summed E-state index contributed by atoms with van der Waals surface area (Å²) in [5, 5.41) is 0. The van der Waals surface area contributed by atoms with Crippen LogP contribution in [0.4, 0.5) is 0 Å². The fourth-order valence-electron chi connectivity index (χ4n) is 5.58. The van der Waals surface area contributed by atoms with E-state index < -0.39 is 0 Å². The molecule has 2 aliphatic rings. The molecule has 0 bridgehead atoms. The molecule has 2 heterocycles. The Balaban J connectivity index is 0.000000191. The Morgan fingerprint density at radius 3 is 1.70 bits per heavy atom. The van der Waals surface area contributed by atoms with Gasteiger partial charge in [-0.3, -0.25) is 33.9 Å². The second kappa shape index (κ2) is 17.7. The van der Waals surface area contributed by atoms with Crippen LogP contribution in [-0.4, -0.2) is 68.0 Å². The highest BCUT2D eigenvalue weighted by molar-refractivity contribution is 6.26. The van der Waals surface area contributed by atoms with Gasteiger partial charge in [-0.1, -0.05) is 0 Å². The number of fused-ring (bicyclic) bond motifs is 2. The number of hydrogen-bond donors (Lipinski definition) is 0. The third-order valence-electron chi connectivity index (χ3n) is 8.41. The summed E-state index contributed by atoms with van der Waals surface area (Å²) in [6.45, 7) is 7.58. The highest BCUT2D eigenvalue weighted by atomic mass is 16.5. The smallest absolute Gasteiger partial charge is 0.293 e. The van der Waals surface area contributed by atoms with Crippen molar-refractivity contribution in [3.8, 4) is 23.0 Å². The van der Waals surface area contributed by atoms with E-state index in [9.17, 15) is 24.0 Å². The lowest BCUT2D eigenvalue weighted by atomic mass is 9.84. The zero-order chi connectivity index (χ0) is 38.8. The van der Waals surface area contributed by atoms with Crippen molar-refractivity contribution in [1.29, 1.82) is 0 Å². The molecule has 0 spiro atoms. The molecule has 0 aliphatic heterocycles. The summed E-state index contributed by atoms with van der Waals surface area (Å²) in [4.78, 5) is 66.9. The third-order valence-corrected chi connectivity index (χ3v) is 8.41. The quantitative estimate of drug-likeness (QED) is 0.175. The monoisotopic (exact) mass is 720 g/mol. The minimum absolute atomic E-state index is 0.131. The molecule has 0 saturated carbocycles. The number of methoxy groups -OCH3 is 4. The summed E-state index contributed by atoms with van der Waals surface area (Å²) in [6.07, 6.45) is 4.87. The molecule has 2 aliphatic carbocycles. The summed E-state index contributed by atoms with van der Waals surface area (Å²) >= 11 is 0. The number of benzene rings is 2. The second-order valence-electron chi connectivity index (χ2n) is 12.0. The first kappa shape index (κ1) is 39.4. The molecular weight excluding hydrogens is 680 g/mol. The average Bonchev–Trinajstić information content (AvgIpc) is 3.17. The highest BCUT2D eigenvalue weighted by Crippen LogP contribution is 2.32. The number of rotatable bonds is 9. The van der Waals surface area contributed by atoms with E-state index in [0.29, 0.717) is 63.7 Å². The Morgan fingerprint density at radius 1 is 0.623 bits per heavy atom. The fraction of sp³-hybridized carbons (Fsp3) is 0.244. The number of carbonyl (C=O) groups excluding carboxylic acids is 5. The van der Waals surface area contributed by atoms with Crippen molar-refractivity contribution >= 4 is 29.6 Å². The van der Waals surface area contributed by atoms with Gasteiger partial charge in [-0.25, -0.2) is 0 Å². The summed E-state index contributed by atoms with van der Waals surface area (Å²) in [7, 11) is 6.29. The number of ketones is 4. The molecule has 0 fully saturated rings. The van der Waals surface area contributed by atoms with E-state index in [1.54, 1.807) is 97.1 Å². The predicted octanol–water partition coefficient (Wildman–Crippen LogP) is 6.44. The van der Waals surface area contributed by atoms with Crippen LogP contribution >= 0.6 is 0 Å². The first-order chi connectivity index (χ1) is 25.4. The third kappa shape index (κ3) is 9.09. The standard InChI is InChI=1S/C20H19NO4.C11H9NO2.C10H12O4/c1-11-7-16-18(21-10-11)19(22)12(2)15(20(16)23)9-13-8-14(24-3)5-6-17(13)25-4;1-6-3-8-9(13)4-7(2)11(14)10(8)12-5-6;1-12-9-3-4-10(13-2)8(5-9)6-14-7-11/h5-8,10H,9H2,1-4H3;3-5H,1-2H3;3-5,7H,6H2,1-2H3. The Bertz CT molecular complexity index is 2150. The van der Waals surface area contributed by atoms with Gasteiger partial charge in [0.05, 0.1) is 39.6 Å². The van der Waals surface area contributed by atoms with Crippen LogP contribution in [-0.2, 0) is 22.6 Å². The number of aryl methyl sites for hydroxylation is 2. The van der Waals surface area contributed by atoms with Crippen LogP contribution in [0.3, 0.4) is 0 Å². The number of pyridine rings is 2.